The first-order valence-electron chi connectivity index (χ1n) is 5.43. The predicted octanol–water partition coefficient (Wildman–Crippen LogP) is 3.59. The quantitative estimate of drug-likeness (QED) is 0.941. The number of aryl methyl sites for hydroxylation is 1. The van der Waals surface area contributed by atoms with Crippen LogP contribution in [-0.2, 0) is 10.0 Å². The predicted molar refractivity (Wildman–Crippen MR) is 73.4 cm³/mol. The molecular weight excluding hydrogens is 289 g/mol. The van der Waals surface area contributed by atoms with Crippen LogP contribution in [0.4, 0.5) is 10.1 Å². The smallest absolute Gasteiger partial charge is 0.261 e. The van der Waals surface area contributed by atoms with E-state index in [9.17, 15) is 12.8 Å². The minimum Gasteiger partial charge on any atom is -0.280 e. The van der Waals surface area contributed by atoms with Gasteiger partial charge in [0.25, 0.3) is 10.0 Å². The van der Waals surface area contributed by atoms with Gasteiger partial charge in [-0.05, 0) is 37.3 Å². The molecule has 6 heteroatoms. The van der Waals surface area contributed by atoms with Crippen LogP contribution in [0.5, 0.6) is 0 Å². The Morgan fingerprint density at radius 3 is 2.32 bits per heavy atom. The fraction of sp³-hybridized carbons (Fsp3) is 0.0769. The minimum atomic E-state index is -3.72. The van der Waals surface area contributed by atoms with E-state index in [1.165, 1.54) is 24.3 Å². The summed E-state index contributed by atoms with van der Waals surface area (Å²) in [6.45, 7) is 1.86. The third-order valence-corrected chi connectivity index (χ3v) is 4.21. The second kappa shape index (κ2) is 5.19. The van der Waals surface area contributed by atoms with Gasteiger partial charge < -0.3 is 0 Å². The number of rotatable bonds is 3. The van der Waals surface area contributed by atoms with Gasteiger partial charge in [0.05, 0.1) is 15.6 Å². The van der Waals surface area contributed by atoms with Crippen LogP contribution >= 0.6 is 11.6 Å². The number of benzene rings is 2. The fourth-order valence-corrected chi connectivity index (χ4v) is 2.66. The first-order chi connectivity index (χ1) is 8.88. The van der Waals surface area contributed by atoms with Crippen molar-refractivity contribution >= 4 is 27.3 Å². The zero-order chi connectivity index (χ0) is 14.0. The van der Waals surface area contributed by atoms with E-state index in [1.54, 1.807) is 12.1 Å². The monoisotopic (exact) mass is 299 g/mol. The van der Waals surface area contributed by atoms with E-state index in [4.69, 9.17) is 11.6 Å². The molecule has 2 aromatic carbocycles. The summed E-state index contributed by atoms with van der Waals surface area (Å²) in [6, 6.07) is 10.1. The van der Waals surface area contributed by atoms with Crippen molar-refractivity contribution in [3.8, 4) is 0 Å². The molecule has 0 aliphatic heterocycles. The van der Waals surface area contributed by atoms with Gasteiger partial charge in [-0.25, -0.2) is 12.8 Å². The maximum absolute atomic E-state index is 13.2. The molecule has 0 bridgehead atoms. The van der Waals surface area contributed by atoms with Gasteiger partial charge in [-0.3, -0.25) is 4.72 Å². The van der Waals surface area contributed by atoms with Crippen molar-refractivity contribution in [1.82, 2.24) is 0 Å². The highest BCUT2D eigenvalue weighted by Gasteiger charge is 2.14. The molecule has 19 heavy (non-hydrogen) atoms. The summed E-state index contributed by atoms with van der Waals surface area (Å²) >= 11 is 5.53. The van der Waals surface area contributed by atoms with E-state index in [2.05, 4.69) is 4.72 Å². The minimum absolute atomic E-state index is 0.0571. The van der Waals surface area contributed by atoms with E-state index in [0.29, 0.717) is 0 Å². The Morgan fingerprint density at radius 2 is 1.74 bits per heavy atom. The van der Waals surface area contributed by atoms with Crippen molar-refractivity contribution in [1.29, 1.82) is 0 Å². The molecule has 0 amide bonds. The molecule has 0 aliphatic rings. The van der Waals surface area contributed by atoms with Crippen LogP contribution in [0.3, 0.4) is 0 Å². The average Bonchev–Trinajstić information content (AvgIpc) is 2.34. The number of hydrogen-bond acceptors (Lipinski definition) is 2. The van der Waals surface area contributed by atoms with E-state index >= 15 is 0 Å². The van der Waals surface area contributed by atoms with Gasteiger partial charge in [0, 0.05) is 0 Å². The molecule has 3 nitrogen and oxygen atoms in total. The molecule has 0 aromatic heterocycles. The summed E-state index contributed by atoms with van der Waals surface area (Å²) in [4.78, 5) is 0.119. The molecule has 0 unspecified atom stereocenters. The Kier molecular flexibility index (Phi) is 3.78. The second-order valence-electron chi connectivity index (χ2n) is 4.05. The van der Waals surface area contributed by atoms with Gasteiger partial charge in [0.2, 0.25) is 0 Å². The Morgan fingerprint density at radius 1 is 1.11 bits per heavy atom. The molecule has 2 aromatic rings. The molecule has 0 aliphatic carbocycles. The molecule has 100 valence electrons. The van der Waals surface area contributed by atoms with E-state index in [1.807, 2.05) is 6.92 Å². The van der Waals surface area contributed by atoms with Crippen LogP contribution in [0.1, 0.15) is 5.56 Å². The highest BCUT2D eigenvalue weighted by atomic mass is 35.5. The molecule has 0 saturated carbocycles. The number of hydrogen-bond donors (Lipinski definition) is 1. The summed E-state index contributed by atoms with van der Waals surface area (Å²) < 4.78 is 39.6. The van der Waals surface area contributed by atoms with E-state index < -0.39 is 15.8 Å². The molecule has 0 atom stereocenters. The molecule has 0 radical (unpaired) electrons. The SMILES string of the molecule is Cc1ccc(S(=O)(=O)Nc2ccc(Cl)c(F)c2)cc1. The van der Waals surface area contributed by atoms with Crippen LogP contribution in [0.15, 0.2) is 47.4 Å². The zero-order valence-electron chi connectivity index (χ0n) is 10.0. The van der Waals surface area contributed by atoms with Gasteiger partial charge in [-0.2, -0.15) is 0 Å². The molecule has 0 heterocycles. The highest BCUT2D eigenvalue weighted by molar-refractivity contribution is 7.92. The lowest BCUT2D eigenvalue weighted by Gasteiger charge is -2.08. The summed E-state index contributed by atoms with van der Waals surface area (Å²) in [5.74, 6) is -0.675. The number of halogens is 2. The van der Waals surface area contributed by atoms with Crippen molar-refractivity contribution in [3.05, 3.63) is 58.9 Å². The van der Waals surface area contributed by atoms with Gasteiger partial charge in [0.15, 0.2) is 0 Å². The number of sulfonamides is 1. The molecule has 0 fully saturated rings. The lowest BCUT2D eigenvalue weighted by atomic mass is 10.2. The Balaban J connectivity index is 2.30. The molecule has 2 rings (SSSR count). The van der Waals surface area contributed by atoms with Gasteiger partial charge >= 0.3 is 0 Å². The summed E-state index contributed by atoms with van der Waals surface area (Å²) in [6.07, 6.45) is 0. The third-order valence-electron chi connectivity index (χ3n) is 2.50. The molecule has 0 saturated heterocycles. The summed E-state index contributed by atoms with van der Waals surface area (Å²) in [5, 5.41) is -0.0571. The Labute approximate surface area is 116 Å². The van der Waals surface area contributed by atoms with Crippen LogP contribution in [0.25, 0.3) is 0 Å². The first-order valence-corrected chi connectivity index (χ1v) is 7.29. The summed E-state index contributed by atoms with van der Waals surface area (Å²) in [5.41, 5.74) is 1.08. The highest BCUT2D eigenvalue weighted by Crippen LogP contribution is 2.21. The lowest BCUT2D eigenvalue weighted by Crippen LogP contribution is -2.13. The van der Waals surface area contributed by atoms with Crippen LogP contribution < -0.4 is 4.72 Å². The average molecular weight is 300 g/mol. The maximum atomic E-state index is 13.2. The summed E-state index contributed by atoms with van der Waals surface area (Å²) in [7, 11) is -3.72. The van der Waals surface area contributed by atoms with Crippen molar-refractivity contribution in [2.24, 2.45) is 0 Å². The van der Waals surface area contributed by atoms with Crippen molar-refractivity contribution in [3.63, 3.8) is 0 Å². The zero-order valence-corrected chi connectivity index (χ0v) is 11.6. The van der Waals surface area contributed by atoms with Crippen LogP contribution in [-0.4, -0.2) is 8.42 Å². The number of anilines is 1. The van der Waals surface area contributed by atoms with Gasteiger partial charge in [0.1, 0.15) is 5.82 Å². The molecule has 1 N–H and O–H groups in total. The number of nitrogens with one attached hydrogen (secondary N) is 1. The normalized spacial score (nSPS) is 11.3. The molecular formula is C13H11ClFNO2S. The fourth-order valence-electron chi connectivity index (χ4n) is 1.49. The Hall–Kier alpha value is -1.59. The largest absolute Gasteiger partial charge is 0.280 e. The van der Waals surface area contributed by atoms with Gasteiger partial charge in [-0.15, -0.1) is 0 Å². The van der Waals surface area contributed by atoms with Crippen LogP contribution in [0, 0.1) is 12.7 Å². The van der Waals surface area contributed by atoms with E-state index in [-0.39, 0.29) is 15.6 Å². The second-order valence-corrected chi connectivity index (χ2v) is 6.14. The van der Waals surface area contributed by atoms with Crippen molar-refractivity contribution in [2.75, 3.05) is 4.72 Å². The van der Waals surface area contributed by atoms with Crippen molar-refractivity contribution in [2.45, 2.75) is 11.8 Å². The maximum Gasteiger partial charge on any atom is 0.261 e. The van der Waals surface area contributed by atoms with Crippen molar-refractivity contribution < 1.29 is 12.8 Å². The van der Waals surface area contributed by atoms with Crippen LogP contribution in [0.2, 0.25) is 5.02 Å². The van der Waals surface area contributed by atoms with E-state index in [0.717, 1.165) is 11.6 Å². The molecule has 0 spiro atoms. The standard InChI is InChI=1S/C13H11ClFNO2S/c1-9-2-5-11(6-3-9)19(17,18)16-10-4-7-12(14)13(15)8-10/h2-8,16H,1H3. The topological polar surface area (TPSA) is 46.2 Å². The third kappa shape index (κ3) is 3.24. The Bertz CT molecular complexity index is 699. The van der Waals surface area contributed by atoms with Gasteiger partial charge in [-0.1, -0.05) is 29.3 Å². The first kappa shape index (κ1) is 13.8. The lowest BCUT2D eigenvalue weighted by molar-refractivity contribution is 0.601.